The van der Waals surface area contributed by atoms with Gasteiger partial charge in [0, 0.05) is 12.5 Å². The molecule has 0 bridgehead atoms. The smallest absolute Gasteiger partial charge is 0.119 e. The molecule has 0 saturated heterocycles. The summed E-state index contributed by atoms with van der Waals surface area (Å²) in [6, 6.07) is 26.4. The van der Waals surface area contributed by atoms with Crippen molar-refractivity contribution >= 4 is 0 Å². The van der Waals surface area contributed by atoms with Crippen LogP contribution >= 0.6 is 0 Å². The highest BCUT2D eigenvalue weighted by molar-refractivity contribution is 5.46. The van der Waals surface area contributed by atoms with Crippen LogP contribution in [-0.4, -0.2) is 38.3 Å². The van der Waals surface area contributed by atoms with E-state index in [-0.39, 0.29) is 0 Å². The maximum absolute atomic E-state index is 6.03. The van der Waals surface area contributed by atoms with E-state index in [4.69, 9.17) is 9.47 Å². The third-order valence-electron chi connectivity index (χ3n) is 6.87. The van der Waals surface area contributed by atoms with Gasteiger partial charge in [-0.25, -0.2) is 0 Å². The third kappa shape index (κ3) is 4.99. The molecule has 0 saturated carbocycles. The Morgan fingerprint density at radius 2 is 1.47 bits per heavy atom. The first kappa shape index (κ1) is 22.4. The minimum absolute atomic E-state index is 0.345. The number of benzene rings is 3. The van der Waals surface area contributed by atoms with Crippen LogP contribution in [0.5, 0.6) is 11.5 Å². The van der Waals surface area contributed by atoms with Crippen LogP contribution in [0.3, 0.4) is 0 Å². The number of rotatable bonds is 9. The Bertz CT molecular complexity index is 977. The molecule has 3 heteroatoms. The van der Waals surface area contributed by atoms with E-state index < -0.39 is 0 Å². The van der Waals surface area contributed by atoms with E-state index in [0.29, 0.717) is 11.8 Å². The highest BCUT2D eigenvalue weighted by Crippen LogP contribution is 2.46. The summed E-state index contributed by atoms with van der Waals surface area (Å²) in [5.74, 6) is 2.65. The number of likely N-dealkylation sites (N-methyl/N-ethyl adjacent to an activating group) is 1. The molecular weight excluding hydrogens is 394 g/mol. The summed E-state index contributed by atoms with van der Waals surface area (Å²) in [5, 5.41) is 0. The Kier molecular flexibility index (Phi) is 7.49. The lowest BCUT2D eigenvalue weighted by molar-refractivity contribution is 0.223. The molecular formula is C29H35NO2. The number of hydrogen-bond acceptors (Lipinski definition) is 3. The van der Waals surface area contributed by atoms with E-state index >= 15 is 0 Å². The van der Waals surface area contributed by atoms with Crippen molar-refractivity contribution in [2.75, 3.05) is 33.4 Å². The predicted octanol–water partition coefficient (Wildman–Crippen LogP) is 6.28. The van der Waals surface area contributed by atoms with Crippen molar-refractivity contribution in [2.24, 2.45) is 0 Å². The third-order valence-corrected chi connectivity index (χ3v) is 6.87. The number of ether oxygens (including phenoxy) is 2. The Balaban J connectivity index is 1.57. The molecule has 1 aliphatic rings. The molecule has 0 fully saturated rings. The van der Waals surface area contributed by atoms with Crippen LogP contribution in [0.25, 0.3) is 0 Å². The lowest BCUT2D eigenvalue weighted by atomic mass is 9.69. The van der Waals surface area contributed by atoms with Gasteiger partial charge in [-0.2, -0.15) is 0 Å². The Morgan fingerprint density at radius 1 is 0.812 bits per heavy atom. The van der Waals surface area contributed by atoms with Crippen molar-refractivity contribution in [3.8, 4) is 11.5 Å². The molecule has 0 amide bonds. The van der Waals surface area contributed by atoms with Crippen molar-refractivity contribution in [1.29, 1.82) is 0 Å². The molecule has 0 aromatic heterocycles. The summed E-state index contributed by atoms with van der Waals surface area (Å²) < 4.78 is 11.4. The second-order valence-electron chi connectivity index (χ2n) is 8.54. The van der Waals surface area contributed by atoms with Crippen molar-refractivity contribution in [1.82, 2.24) is 4.90 Å². The highest BCUT2D eigenvalue weighted by atomic mass is 16.5. The molecule has 3 nitrogen and oxygen atoms in total. The zero-order chi connectivity index (χ0) is 22.3. The van der Waals surface area contributed by atoms with Crippen LogP contribution in [0, 0.1) is 0 Å². The second-order valence-corrected chi connectivity index (χ2v) is 8.54. The quantitative estimate of drug-likeness (QED) is 0.400. The highest BCUT2D eigenvalue weighted by Gasteiger charge is 2.31. The first-order chi connectivity index (χ1) is 15.7. The van der Waals surface area contributed by atoms with Gasteiger partial charge in [-0.05, 0) is 78.4 Å². The number of methoxy groups -OCH3 is 1. The van der Waals surface area contributed by atoms with Gasteiger partial charge >= 0.3 is 0 Å². The first-order valence-corrected chi connectivity index (χ1v) is 11.9. The van der Waals surface area contributed by atoms with E-state index in [0.717, 1.165) is 50.6 Å². The van der Waals surface area contributed by atoms with Crippen molar-refractivity contribution in [3.05, 3.63) is 95.1 Å². The van der Waals surface area contributed by atoms with Gasteiger partial charge in [0.15, 0.2) is 0 Å². The maximum atomic E-state index is 6.03. The summed E-state index contributed by atoms with van der Waals surface area (Å²) >= 11 is 0. The molecule has 0 radical (unpaired) electrons. The van der Waals surface area contributed by atoms with Crippen molar-refractivity contribution in [3.63, 3.8) is 0 Å². The summed E-state index contributed by atoms with van der Waals surface area (Å²) in [4.78, 5) is 2.38. The van der Waals surface area contributed by atoms with Crippen molar-refractivity contribution < 1.29 is 9.47 Å². The zero-order valence-electron chi connectivity index (χ0n) is 19.6. The number of fused-ring (bicyclic) bond motifs is 1. The van der Waals surface area contributed by atoms with E-state index in [1.807, 2.05) is 0 Å². The summed E-state index contributed by atoms with van der Waals surface area (Å²) in [6.07, 6.45) is 2.27. The van der Waals surface area contributed by atoms with Crippen LogP contribution in [0.15, 0.2) is 72.8 Å². The van der Waals surface area contributed by atoms with Gasteiger partial charge in [-0.15, -0.1) is 0 Å². The van der Waals surface area contributed by atoms with Crippen LogP contribution in [-0.2, 0) is 6.42 Å². The fourth-order valence-corrected chi connectivity index (χ4v) is 4.99. The van der Waals surface area contributed by atoms with Gasteiger partial charge < -0.3 is 14.4 Å². The fourth-order valence-electron chi connectivity index (χ4n) is 4.99. The fraction of sp³-hybridized carbons (Fsp3) is 0.379. The molecule has 3 aromatic carbocycles. The monoisotopic (exact) mass is 429 g/mol. The average molecular weight is 430 g/mol. The molecule has 1 aliphatic carbocycles. The van der Waals surface area contributed by atoms with Gasteiger partial charge in [-0.3, -0.25) is 0 Å². The van der Waals surface area contributed by atoms with Crippen LogP contribution in [0.4, 0.5) is 0 Å². The van der Waals surface area contributed by atoms with Crippen LogP contribution in [0.1, 0.15) is 54.4 Å². The Morgan fingerprint density at radius 3 is 2.16 bits per heavy atom. The second kappa shape index (κ2) is 10.7. The Hall–Kier alpha value is -2.78. The number of nitrogens with zero attached hydrogens (tertiary/aromatic N) is 1. The van der Waals surface area contributed by atoms with Gasteiger partial charge in [-0.1, -0.05) is 62.4 Å². The normalized spacial score (nSPS) is 17.8. The predicted molar refractivity (Wildman–Crippen MR) is 132 cm³/mol. The molecule has 4 rings (SSSR count). The topological polar surface area (TPSA) is 21.7 Å². The lowest BCUT2D eigenvalue weighted by Gasteiger charge is -2.34. The molecule has 0 aliphatic heterocycles. The van der Waals surface area contributed by atoms with Crippen LogP contribution < -0.4 is 9.47 Å². The number of aryl methyl sites for hydroxylation is 1. The largest absolute Gasteiger partial charge is 0.497 e. The standard InChI is InChI=1S/C29H35NO2/c1-4-30(5-2)20-21-32-26-17-12-24(13-18-26)29-27-9-7-6-8-22(27)14-19-28(29)23-10-15-25(31-3)16-11-23/h6-13,15-18,28-29H,4-5,14,19-21H2,1-3H3. The summed E-state index contributed by atoms with van der Waals surface area (Å²) in [7, 11) is 1.72. The lowest BCUT2D eigenvalue weighted by Crippen LogP contribution is -2.27. The summed E-state index contributed by atoms with van der Waals surface area (Å²) in [5.41, 5.74) is 5.66. The molecule has 3 aromatic rings. The zero-order valence-corrected chi connectivity index (χ0v) is 19.6. The Labute approximate surface area is 193 Å². The molecule has 2 atom stereocenters. The van der Waals surface area contributed by atoms with Gasteiger partial charge in [0.25, 0.3) is 0 Å². The van der Waals surface area contributed by atoms with E-state index in [9.17, 15) is 0 Å². The first-order valence-electron chi connectivity index (χ1n) is 11.9. The van der Waals surface area contributed by atoms with Gasteiger partial charge in [0.1, 0.15) is 18.1 Å². The minimum Gasteiger partial charge on any atom is -0.497 e. The molecule has 2 unspecified atom stereocenters. The molecule has 0 heterocycles. The van der Waals surface area contributed by atoms with Crippen LogP contribution in [0.2, 0.25) is 0 Å². The van der Waals surface area contributed by atoms with E-state index in [2.05, 4.69) is 91.5 Å². The van der Waals surface area contributed by atoms with Gasteiger partial charge in [0.2, 0.25) is 0 Å². The average Bonchev–Trinajstić information content (AvgIpc) is 2.86. The molecule has 168 valence electrons. The minimum atomic E-state index is 0.345. The number of hydrogen-bond donors (Lipinski definition) is 0. The summed E-state index contributed by atoms with van der Waals surface area (Å²) in [6.45, 7) is 8.20. The molecule has 0 spiro atoms. The maximum Gasteiger partial charge on any atom is 0.119 e. The van der Waals surface area contributed by atoms with Gasteiger partial charge in [0.05, 0.1) is 7.11 Å². The SMILES string of the molecule is CCN(CC)CCOc1ccc(C2c3ccccc3CCC2c2ccc(OC)cc2)cc1. The molecule has 32 heavy (non-hydrogen) atoms. The van der Waals surface area contributed by atoms with Crippen molar-refractivity contribution in [2.45, 2.75) is 38.5 Å². The molecule has 0 N–H and O–H groups in total. The van der Waals surface area contributed by atoms with E-state index in [1.165, 1.54) is 22.3 Å². The van der Waals surface area contributed by atoms with E-state index in [1.54, 1.807) is 7.11 Å².